The van der Waals surface area contributed by atoms with Crippen LogP contribution in [0.4, 0.5) is 0 Å². The first-order valence-corrected chi connectivity index (χ1v) is 23.1. The molecule has 8 nitrogen and oxygen atoms in total. The molecule has 320 valence electrons. The predicted octanol–water partition coefficient (Wildman–Crippen LogP) is 11.2. The van der Waals surface area contributed by atoms with Crippen LogP contribution < -0.4 is 5.11 Å². The van der Waals surface area contributed by atoms with Crippen molar-refractivity contribution >= 4 is 17.9 Å². The number of quaternary nitrogens is 1. The van der Waals surface area contributed by atoms with Gasteiger partial charge in [-0.25, -0.2) is 0 Å². The van der Waals surface area contributed by atoms with Crippen molar-refractivity contribution in [2.24, 2.45) is 0 Å². The molecule has 0 bridgehead atoms. The minimum atomic E-state index is -1.12. The third-order valence-corrected chi connectivity index (χ3v) is 10.7. The van der Waals surface area contributed by atoms with Gasteiger partial charge < -0.3 is 28.6 Å². The molecule has 54 heavy (non-hydrogen) atoms. The highest BCUT2D eigenvalue weighted by molar-refractivity contribution is 5.70. The molecule has 0 saturated heterocycles. The number of likely N-dealkylation sites (N-methyl/N-ethyl adjacent to an activating group) is 1. The molecule has 0 heterocycles. The molecule has 2 unspecified atom stereocenters. The maximum Gasteiger partial charge on any atom is 0.306 e. The quantitative estimate of drug-likeness (QED) is 0.0346. The van der Waals surface area contributed by atoms with Gasteiger partial charge in [-0.3, -0.25) is 9.59 Å². The van der Waals surface area contributed by atoms with E-state index in [1.165, 1.54) is 154 Å². The first-order valence-electron chi connectivity index (χ1n) is 23.1. The molecule has 0 aromatic carbocycles. The molecular weight excluding hydrogens is 679 g/mol. The Bertz CT molecular complexity index is 858. The predicted molar refractivity (Wildman–Crippen MR) is 222 cm³/mol. The summed E-state index contributed by atoms with van der Waals surface area (Å²) in [7, 11) is 5.42. The maximum atomic E-state index is 12.7. The molecule has 2 atom stereocenters. The number of carboxylic acids is 1. The van der Waals surface area contributed by atoms with Crippen LogP contribution in [-0.4, -0.2) is 75.5 Å². The fourth-order valence-corrected chi connectivity index (χ4v) is 7.13. The second-order valence-corrected chi connectivity index (χ2v) is 17.0. The molecule has 0 aromatic heterocycles. The molecular formula is C46H89NO7. The van der Waals surface area contributed by atoms with Crippen LogP contribution in [0.5, 0.6) is 0 Å². The molecule has 0 N–H and O–H groups in total. The maximum absolute atomic E-state index is 12.7. The number of aliphatic carboxylic acids is 1. The Labute approximate surface area is 334 Å². The molecule has 0 amide bonds. The van der Waals surface area contributed by atoms with Crippen LogP contribution >= 0.6 is 0 Å². The zero-order chi connectivity index (χ0) is 40.0. The third-order valence-electron chi connectivity index (χ3n) is 10.7. The van der Waals surface area contributed by atoms with Crippen molar-refractivity contribution in [1.82, 2.24) is 0 Å². The van der Waals surface area contributed by atoms with E-state index in [0.717, 1.165) is 38.5 Å². The lowest BCUT2D eigenvalue weighted by atomic mass is 10.0. The number of ether oxygens (including phenoxy) is 3. The van der Waals surface area contributed by atoms with Crippen LogP contribution in [0.1, 0.15) is 226 Å². The molecule has 0 aliphatic carbocycles. The van der Waals surface area contributed by atoms with Crippen molar-refractivity contribution in [3.8, 4) is 0 Å². The highest BCUT2D eigenvalue weighted by Gasteiger charge is 2.25. The summed E-state index contributed by atoms with van der Waals surface area (Å²) in [6.07, 6.45) is 38.4. The van der Waals surface area contributed by atoms with Gasteiger partial charge in [0.15, 0.2) is 6.10 Å². The van der Waals surface area contributed by atoms with E-state index in [0.29, 0.717) is 12.8 Å². The molecule has 8 heteroatoms. The lowest BCUT2D eigenvalue weighted by Crippen LogP contribution is -2.55. The molecule has 0 fully saturated rings. The zero-order valence-electron chi connectivity index (χ0n) is 36.4. The summed E-state index contributed by atoms with van der Waals surface area (Å²) < 4.78 is 17.2. The second-order valence-electron chi connectivity index (χ2n) is 17.0. The van der Waals surface area contributed by atoms with Gasteiger partial charge in [0, 0.05) is 19.3 Å². The Morgan fingerprint density at radius 3 is 1.15 bits per heavy atom. The van der Waals surface area contributed by atoms with Crippen molar-refractivity contribution in [1.29, 1.82) is 0 Å². The zero-order valence-corrected chi connectivity index (χ0v) is 36.4. The summed E-state index contributed by atoms with van der Waals surface area (Å²) in [6.45, 7) is 4.70. The largest absolute Gasteiger partial charge is 0.544 e. The van der Waals surface area contributed by atoms with Gasteiger partial charge in [0.2, 0.25) is 0 Å². The molecule has 0 spiro atoms. The first-order chi connectivity index (χ1) is 26.1. The Kier molecular flexibility index (Phi) is 37.0. The standard InChI is InChI=1S/C46H89NO7/c1-6-8-10-12-14-16-18-20-21-22-23-24-25-27-28-30-32-34-36-44(48)53-41-42(40-52-39-38-43(46(50)51)47(3,4)5)54-45(49)37-35-33-31-29-26-19-17-15-13-11-9-7-2/h42-43H,6-41H2,1-5H3. The second kappa shape index (κ2) is 38.2. The monoisotopic (exact) mass is 768 g/mol. The minimum absolute atomic E-state index is 0.0492. The van der Waals surface area contributed by atoms with Gasteiger partial charge in [0.1, 0.15) is 12.6 Å². The van der Waals surface area contributed by atoms with Crippen LogP contribution in [0.25, 0.3) is 0 Å². The topological polar surface area (TPSA) is 102 Å². The van der Waals surface area contributed by atoms with E-state index < -0.39 is 18.1 Å². The summed E-state index contributed by atoms with van der Waals surface area (Å²) >= 11 is 0. The van der Waals surface area contributed by atoms with Crippen LogP contribution in [0.15, 0.2) is 0 Å². The van der Waals surface area contributed by atoms with Gasteiger partial charge in [-0.05, 0) is 12.8 Å². The van der Waals surface area contributed by atoms with Crippen LogP contribution in [0.3, 0.4) is 0 Å². The van der Waals surface area contributed by atoms with Gasteiger partial charge in [-0.2, -0.15) is 0 Å². The smallest absolute Gasteiger partial charge is 0.306 e. The number of carbonyl (C=O) groups excluding carboxylic acids is 3. The number of esters is 2. The number of nitrogens with zero attached hydrogens (tertiary/aromatic N) is 1. The van der Waals surface area contributed by atoms with E-state index in [9.17, 15) is 19.5 Å². The fourth-order valence-electron chi connectivity index (χ4n) is 7.13. The first kappa shape index (κ1) is 52.3. The highest BCUT2D eigenvalue weighted by Crippen LogP contribution is 2.16. The normalized spacial score (nSPS) is 12.8. The van der Waals surface area contributed by atoms with Gasteiger partial charge in [-0.1, -0.05) is 194 Å². The van der Waals surface area contributed by atoms with E-state index in [4.69, 9.17) is 14.2 Å². The third kappa shape index (κ3) is 36.0. The summed E-state index contributed by atoms with van der Waals surface area (Å²) in [5, 5.41) is 11.6. The summed E-state index contributed by atoms with van der Waals surface area (Å²) in [6, 6.07) is -0.719. The lowest BCUT2D eigenvalue weighted by molar-refractivity contribution is -0.889. The van der Waals surface area contributed by atoms with Crippen LogP contribution in [0.2, 0.25) is 0 Å². The summed E-state index contributed by atoms with van der Waals surface area (Å²) in [4.78, 5) is 36.8. The van der Waals surface area contributed by atoms with Crippen LogP contribution in [-0.2, 0) is 28.6 Å². The number of rotatable bonds is 42. The Morgan fingerprint density at radius 1 is 0.481 bits per heavy atom. The fraction of sp³-hybridized carbons (Fsp3) is 0.935. The van der Waals surface area contributed by atoms with E-state index in [-0.39, 0.29) is 42.7 Å². The summed E-state index contributed by atoms with van der Waals surface area (Å²) in [5.74, 6) is -1.71. The van der Waals surface area contributed by atoms with E-state index in [1.54, 1.807) is 21.1 Å². The SMILES string of the molecule is CCCCCCCCCCCCCCCCCCCCC(=O)OCC(COCCC(C(=O)[O-])[N+](C)(C)C)OC(=O)CCCCCCCCCCCCCC. The Hall–Kier alpha value is -1.67. The number of unbranched alkanes of at least 4 members (excludes halogenated alkanes) is 28. The number of hydrogen-bond acceptors (Lipinski definition) is 7. The van der Waals surface area contributed by atoms with Crippen molar-refractivity contribution < 1.29 is 38.2 Å². The minimum Gasteiger partial charge on any atom is -0.544 e. The van der Waals surface area contributed by atoms with Gasteiger partial charge in [-0.15, -0.1) is 0 Å². The average molecular weight is 768 g/mol. The van der Waals surface area contributed by atoms with Gasteiger partial charge >= 0.3 is 11.9 Å². The number of hydrogen-bond donors (Lipinski definition) is 0. The van der Waals surface area contributed by atoms with E-state index in [2.05, 4.69) is 13.8 Å². The van der Waals surface area contributed by atoms with Gasteiger partial charge in [0.25, 0.3) is 0 Å². The van der Waals surface area contributed by atoms with Crippen molar-refractivity contribution in [3.05, 3.63) is 0 Å². The van der Waals surface area contributed by atoms with E-state index in [1.807, 2.05) is 0 Å². The van der Waals surface area contributed by atoms with E-state index >= 15 is 0 Å². The van der Waals surface area contributed by atoms with Crippen molar-refractivity contribution in [3.63, 3.8) is 0 Å². The van der Waals surface area contributed by atoms with Crippen LogP contribution in [0, 0.1) is 0 Å². The molecule has 0 radical (unpaired) electrons. The Balaban J connectivity index is 4.23. The average Bonchev–Trinajstić information content (AvgIpc) is 3.12. The lowest BCUT2D eigenvalue weighted by Gasteiger charge is -2.34. The Morgan fingerprint density at radius 2 is 0.815 bits per heavy atom. The molecule has 0 saturated carbocycles. The summed E-state index contributed by atoms with van der Waals surface area (Å²) in [5.41, 5.74) is 0. The molecule has 0 aliphatic heterocycles. The van der Waals surface area contributed by atoms with Crippen molar-refractivity contribution in [2.45, 2.75) is 238 Å². The number of carbonyl (C=O) groups is 3. The molecule has 0 aromatic rings. The highest BCUT2D eigenvalue weighted by atomic mass is 16.6. The number of carboxylic acid groups (broad SMARTS) is 1. The van der Waals surface area contributed by atoms with Crippen molar-refractivity contribution in [2.75, 3.05) is 41.0 Å². The molecule has 0 rings (SSSR count). The van der Waals surface area contributed by atoms with Gasteiger partial charge in [0.05, 0.1) is 40.3 Å². The molecule has 0 aliphatic rings.